The van der Waals surface area contributed by atoms with Gasteiger partial charge in [-0.05, 0) is 43.5 Å². The van der Waals surface area contributed by atoms with Crippen LogP contribution in [0.1, 0.15) is 47.0 Å². The molecule has 0 spiro atoms. The molecule has 1 amide bonds. The molecule has 150 valence electrons. The number of benzene rings is 1. The Morgan fingerprint density at radius 2 is 1.97 bits per heavy atom. The van der Waals surface area contributed by atoms with Gasteiger partial charge in [0.1, 0.15) is 11.5 Å². The first kappa shape index (κ1) is 19.3. The van der Waals surface area contributed by atoms with Crippen LogP contribution in [0.5, 0.6) is 0 Å². The first-order valence-corrected chi connectivity index (χ1v) is 10.2. The monoisotopic (exact) mass is 390 g/mol. The number of amides is 1. The number of carbonyl (C=O) groups excluding carboxylic acids is 1. The number of rotatable bonds is 7. The Morgan fingerprint density at radius 3 is 2.66 bits per heavy atom. The lowest BCUT2D eigenvalue weighted by atomic mass is 9.93. The van der Waals surface area contributed by atoms with Crippen molar-refractivity contribution in [3.63, 3.8) is 0 Å². The van der Waals surface area contributed by atoms with E-state index in [1.165, 1.54) is 11.8 Å². The zero-order valence-corrected chi connectivity index (χ0v) is 16.4. The van der Waals surface area contributed by atoms with E-state index in [1.54, 1.807) is 18.7 Å². The second kappa shape index (κ2) is 9.47. The van der Waals surface area contributed by atoms with Crippen molar-refractivity contribution < 1.29 is 9.21 Å². The van der Waals surface area contributed by atoms with E-state index < -0.39 is 0 Å². The van der Waals surface area contributed by atoms with Crippen molar-refractivity contribution >= 4 is 5.91 Å². The zero-order valence-electron chi connectivity index (χ0n) is 16.4. The number of furan rings is 1. The molecule has 2 aromatic heterocycles. The van der Waals surface area contributed by atoms with Crippen LogP contribution in [0.2, 0.25) is 0 Å². The molecular formula is C23H26N4O2. The summed E-state index contributed by atoms with van der Waals surface area (Å²) in [4.78, 5) is 22.5. The predicted octanol–water partition coefficient (Wildman–Crippen LogP) is 3.49. The van der Waals surface area contributed by atoms with Crippen molar-refractivity contribution in [2.45, 2.75) is 31.2 Å². The van der Waals surface area contributed by atoms with Crippen LogP contribution in [0.3, 0.4) is 0 Å². The summed E-state index contributed by atoms with van der Waals surface area (Å²) >= 11 is 0. The van der Waals surface area contributed by atoms with Gasteiger partial charge in [-0.3, -0.25) is 9.78 Å². The normalized spacial score (nSPS) is 15.9. The highest BCUT2D eigenvalue weighted by Gasteiger charge is 2.24. The topological polar surface area (TPSA) is 71.3 Å². The average molecular weight is 390 g/mol. The van der Waals surface area contributed by atoms with E-state index in [9.17, 15) is 4.79 Å². The lowest BCUT2D eigenvalue weighted by Gasteiger charge is -2.32. The van der Waals surface area contributed by atoms with E-state index in [4.69, 9.17) is 4.42 Å². The van der Waals surface area contributed by atoms with E-state index >= 15 is 0 Å². The highest BCUT2D eigenvalue weighted by molar-refractivity contribution is 5.92. The fourth-order valence-electron chi connectivity index (χ4n) is 3.94. The third-order valence-electron chi connectivity index (χ3n) is 5.52. The smallest absolute Gasteiger partial charge is 0.274 e. The molecule has 1 aliphatic heterocycles. The number of piperidine rings is 1. The molecule has 1 unspecified atom stereocenters. The van der Waals surface area contributed by atoms with Gasteiger partial charge in [0.05, 0.1) is 12.5 Å². The van der Waals surface area contributed by atoms with Crippen molar-refractivity contribution in [2.75, 3.05) is 19.6 Å². The maximum Gasteiger partial charge on any atom is 0.274 e. The summed E-state index contributed by atoms with van der Waals surface area (Å²) in [7, 11) is 0. The summed E-state index contributed by atoms with van der Waals surface area (Å²) < 4.78 is 5.69. The van der Waals surface area contributed by atoms with Gasteiger partial charge in [-0.1, -0.05) is 30.3 Å². The molecule has 1 N–H and O–H groups in total. The maximum atomic E-state index is 12.5. The van der Waals surface area contributed by atoms with Crippen LogP contribution in [0.4, 0.5) is 0 Å². The van der Waals surface area contributed by atoms with Crippen LogP contribution in [0.15, 0.2) is 71.7 Å². The molecule has 0 aliphatic carbocycles. The van der Waals surface area contributed by atoms with E-state index in [0.29, 0.717) is 11.7 Å². The highest BCUT2D eigenvalue weighted by atomic mass is 16.3. The molecule has 6 heteroatoms. The van der Waals surface area contributed by atoms with Gasteiger partial charge in [-0.15, -0.1) is 0 Å². The summed E-state index contributed by atoms with van der Waals surface area (Å²) in [6.07, 6.45) is 9.28. The minimum Gasteiger partial charge on any atom is -0.469 e. The minimum absolute atomic E-state index is 0.0292. The standard InChI is InChI=1S/C23H26N4O2/c28-23(21-17-24-12-13-26-21)27-14-9-19(10-15-27)25-11-8-20(22-7-4-16-29-22)18-5-2-1-3-6-18/h1-7,12-13,16-17,19-20,25H,8-11,14-15H2. The van der Waals surface area contributed by atoms with Crippen LogP contribution in [-0.4, -0.2) is 46.5 Å². The molecule has 0 saturated carbocycles. The summed E-state index contributed by atoms with van der Waals surface area (Å²) in [5.41, 5.74) is 1.69. The molecule has 1 atom stereocenters. The molecule has 0 bridgehead atoms. The first-order chi connectivity index (χ1) is 14.3. The van der Waals surface area contributed by atoms with Crippen molar-refractivity contribution in [2.24, 2.45) is 0 Å². The number of carbonyl (C=O) groups is 1. The van der Waals surface area contributed by atoms with Crippen molar-refractivity contribution in [1.82, 2.24) is 20.2 Å². The largest absolute Gasteiger partial charge is 0.469 e. The van der Waals surface area contributed by atoms with Crippen LogP contribution in [0.25, 0.3) is 0 Å². The Bertz CT molecular complexity index is 876. The van der Waals surface area contributed by atoms with Crippen molar-refractivity contribution in [3.8, 4) is 0 Å². The molecule has 1 aliphatic rings. The predicted molar refractivity (Wildman–Crippen MR) is 111 cm³/mol. The van der Waals surface area contributed by atoms with Gasteiger partial charge < -0.3 is 14.6 Å². The molecule has 1 fully saturated rings. The molecule has 4 rings (SSSR count). The number of hydrogen-bond acceptors (Lipinski definition) is 5. The van der Waals surface area contributed by atoms with Crippen LogP contribution < -0.4 is 5.32 Å². The average Bonchev–Trinajstić information content (AvgIpc) is 3.32. The lowest BCUT2D eigenvalue weighted by molar-refractivity contribution is 0.0698. The van der Waals surface area contributed by atoms with Gasteiger partial charge in [0, 0.05) is 37.4 Å². The van der Waals surface area contributed by atoms with E-state index in [-0.39, 0.29) is 11.8 Å². The Morgan fingerprint density at radius 1 is 1.14 bits per heavy atom. The lowest BCUT2D eigenvalue weighted by Crippen LogP contribution is -2.45. The maximum absolute atomic E-state index is 12.5. The van der Waals surface area contributed by atoms with Crippen LogP contribution >= 0.6 is 0 Å². The van der Waals surface area contributed by atoms with E-state index in [1.807, 2.05) is 23.1 Å². The number of nitrogens with one attached hydrogen (secondary N) is 1. The molecule has 29 heavy (non-hydrogen) atoms. The number of likely N-dealkylation sites (tertiary alicyclic amines) is 1. The van der Waals surface area contributed by atoms with Gasteiger partial charge in [-0.2, -0.15) is 0 Å². The van der Waals surface area contributed by atoms with E-state index in [2.05, 4.69) is 39.6 Å². The molecule has 0 radical (unpaired) electrons. The summed E-state index contributed by atoms with van der Waals surface area (Å²) in [5.74, 6) is 1.22. The third kappa shape index (κ3) is 4.90. The number of nitrogens with zero attached hydrogens (tertiary/aromatic N) is 3. The summed E-state index contributed by atoms with van der Waals surface area (Å²) in [6, 6.07) is 14.9. The van der Waals surface area contributed by atoms with Crippen molar-refractivity contribution in [3.05, 3.63) is 84.3 Å². The fraction of sp³-hybridized carbons (Fsp3) is 0.348. The molecular weight excluding hydrogens is 364 g/mol. The second-order valence-electron chi connectivity index (χ2n) is 7.38. The number of hydrogen-bond donors (Lipinski definition) is 1. The first-order valence-electron chi connectivity index (χ1n) is 10.2. The van der Waals surface area contributed by atoms with Crippen molar-refractivity contribution in [1.29, 1.82) is 0 Å². The third-order valence-corrected chi connectivity index (χ3v) is 5.52. The minimum atomic E-state index is -0.0292. The molecule has 3 aromatic rings. The Hall–Kier alpha value is -2.99. The quantitative estimate of drug-likeness (QED) is 0.669. The molecule has 6 nitrogen and oxygen atoms in total. The van der Waals surface area contributed by atoms with Gasteiger partial charge in [0.2, 0.25) is 0 Å². The fourth-order valence-corrected chi connectivity index (χ4v) is 3.94. The van der Waals surface area contributed by atoms with Crippen LogP contribution in [-0.2, 0) is 0 Å². The summed E-state index contributed by atoms with van der Waals surface area (Å²) in [5, 5.41) is 3.68. The molecule has 1 saturated heterocycles. The molecule has 1 aromatic carbocycles. The Balaban J connectivity index is 1.27. The SMILES string of the molecule is O=C(c1cnccn1)N1CCC(NCCC(c2ccccc2)c2ccco2)CC1. The van der Waals surface area contributed by atoms with E-state index in [0.717, 1.165) is 44.7 Å². The second-order valence-corrected chi connectivity index (χ2v) is 7.38. The molecule has 3 heterocycles. The number of aromatic nitrogens is 2. The van der Waals surface area contributed by atoms with Crippen LogP contribution in [0, 0.1) is 0 Å². The van der Waals surface area contributed by atoms with Gasteiger partial charge >= 0.3 is 0 Å². The summed E-state index contributed by atoms with van der Waals surface area (Å²) in [6.45, 7) is 2.39. The van der Waals surface area contributed by atoms with Gasteiger partial charge in [0.25, 0.3) is 5.91 Å². The highest BCUT2D eigenvalue weighted by Crippen LogP contribution is 2.28. The van der Waals surface area contributed by atoms with Gasteiger partial charge in [-0.25, -0.2) is 4.98 Å². The Kier molecular flexibility index (Phi) is 6.32. The van der Waals surface area contributed by atoms with Gasteiger partial charge in [0.15, 0.2) is 0 Å². The zero-order chi connectivity index (χ0) is 19.9. The Labute approximate surface area is 171 Å².